The monoisotopic (exact) mass is 234 g/mol. The molecule has 0 bridgehead atoms. The van der Waals surface area contributed by atoms with Crippen molar-refractivity contribution in [1.29, 1.82) is 0 Å². The van der Waals surface area contributed by atoms with Crippen molar-refractivity contribution in [3.8, 4) is 0 Å². The predicted octanol–water partition coefficient (Wildman–Crippen LogP) is 0.577. The Balaban J connectivity index is 2.06. The van der Waals surface area contributed by atoms with E-state index in [-0.39, 0.29) is 11.9 Å². The molecule has 2 rings (SSSR count). The largest absolute Gasteiger partial charge is 0.335 e. The van der Waals surface area contributed by atoms with E-state index in [9.17, 15) is 4.79 Å². The molecule has 0 aromatic carbocycles. The third-order valence-electron chi connectivity index (χ3n) is 3.10. The molecule has 1 saturated heterocycles. The maximum absolute atomic E-state index is 12.2. The SMILES string of the molecule is CNC1CCCCN(Cc2cnccn2)C1=O. The lowest BCUT2D eigenvalue weighted by atomic mass is 10.1. The van der Waals surface area contributed by atoms with E-state index in [1.807, 2.05) is 11.9 Å². The maximum Gasteiger partial charge on any atom is 0.240 e. The molecule has 17 heavy (non-hydrogen) atoms. The van der Waals surface area contributed by atoms with Crippen LogP contribution in [0.2, 0.25) is 0 Å². The van der Waals surface area contributed by atoms with Crippen LogP contribution in [0.25, 0.3) is 0 Å². The van der Waals surface area contributed by atoms with Crippen molar-refractivity contribution in [3.05, 3.63) is 24.3 Å². The maximum atomic E-state index is 12.2. The van der Waals surface area contributed by atoms with Gasteiger partial charge in [0.15, 0.2) is 0 Å². The van der Waals surface area contributed by atoms with E-state index in [2.05, 4.69) is 15.3 Å². The number of likely N-dealkylation sites (N-methyl/N-ethyl adjacent to an activating group) is 1. The van der Waals surface area contributed by atoms with Crippen LogP contribution < -0.4 is 5.32 Å². The highest BCUT2D eigenvalue weighted by atomic mass is 16.2. The minimum absolute atomic E-state index is 0.0471. The molecular weight excluding hydrogens is 216 g/mol. The first-order valence-corrected chi connectivity index (χ1v) is 6.02. The predicted molar refractivity (Wildman–Crippen MR) is 64.1 cm³/mol. The van der Waals surface area contributed by atoms with Gasteiger partial charge in [0.25, 0.3) is 0 Å². The average molecular weight is 234 g/mol. The quantitative estimate of drug-likeness (QED) is 0.831. The highest BCUT2D eigenvalue weighted by molar-refractivity contribution is 5.82. The summed E-state index contributed by atoms with van der Waals surface area (Å²) in [5.74, 6) is 0.177. The zero-order valence-corrected chi connectivity index (χ0v) is 10.1. The van der Waals surface area contributed by atoms with E-state index in [0.717, 1.165) is 31.5 Å². The first kappa shape index (κ1) is 12.0. The Morgan fingerprint density at radius 3 is 3.06 bits per heavy atom. The molecule has 1 unspecified atom stereocenters. The number of aromatic nitrogens is 2. The van der Waals surface area contributed by atoms with Crippen LogP contribution in [0.4, 0.5) is 0 Å². The molecule has 1 aromatic heterocycles. The van der Waals surface area contributed by atoms with Gasteiger partial charge in [-0.25, -0.2) is 0 Å². The molecule has 0 radical (unpaired) electrons. The van der Waals surface area contributed by atoms with Gasteiger partial charge >= 0.3 is 0 Å². The molecule has 0 spiro atoms. The first-order chi connectivity index (χ1) is 8.31. The van der Waals surface area contributed by atoms with Gasteiger partial charge in [-0.1, -0.05) is 0 Å². The number of hydrogen-bond acceptors (Lipinski definition) is 4. The van der Waals surface area contributed by atoms with Crippen molar-refractivity contribution >= 4 is 5.91 Å². The zero-order valence-electron chi connectivity index (χ0n) is 10.1. The number of carbonyl (C=O) groups is 1. The summed E-state index contributed by atoms with van der Waals surface area (Å²) in [5.41, 5.74) is 0.845. The summed E-state index contributed by atoms with van der Waals surface area (Å²) in [6, 6.07) is -0.0471. The van der Waals surface area contributed by atoms with Gasteiger partial charge in [0.05, 0.1) is 24.5 Å². The summed E-state index contributed by atoms with van der Waals surface area (Å²) in [4.78, 5) is 22.3. The fourth-order valence-corrected chi connectivity index (χ4v) is 2.14. The number of nitrogens with zero attached hydrogens (tertiary/aromatic N) is 3. The van der Waals surface area contributed by atoms with Crippen LogP contribution >= 0.6 is 0 Å². The van der Waals surface area contributed by atoms with Gasteiger partial charge in [0.2, 0.25) is 5.91 Å². The number of hydrogen-bond donors (Lipinski definition) is 1. The Morgan fingerprint density at radius 2 is 2.35 bits per heavy atom. The van der Waals surface area contributed by atoms with Crippen LogP contribution in [0, 0.1) is 0 Å². The van der Waals surface area contributed by atoms with Crippen molar-refractivity contribution in [2.45, 2.75) is 31.8 Å². The second kappa shape index (κ2) is 5.72. The number of rotatable bonds is 3. The molecule has 1 aliphatic rings. The lowest BCUT2D eigenvalue weighted by molar-refractivity contribution is -0.133. The minimum atomic E-state index is -0.0471. The highest BCUT2D eigenvalue weighted by Crippen LogP contribution is 2.13. The van der Waals surface area contributed by atoms with Crippen LogP contribution in [0.5, 0.6) is 0 Å². The van der Waals surface area contributed by atoms with Crippen molar-refractivity contribution in [1.82, 2.24) is 20.2 Å². The van der Waals surface area contributed by atoms with Crippen molar-refractivity contribution < 1.29 is 4.79 Å². The van der Waals surface area contributed by atoms with Crippen LogP contribution in [0.1, 0.15) is 25.0 Å². The van der Waals surface area contributed by atoms with Crippen molar-refractivity contribution in [2.24, 2.45) is 0 Å². The van der Waals surface area contributed by atoms with Gasteiger partial charge in [0, 0.05) is 18.9 Å². The van der Waals surface area contributed by atoms with Crippen LogP contribution in [-0.4, -0.2) is 40.4 Å². The number of nitrogens with one attached hydrogen (secondary N) is 1. The molecule has 92 valence electrons. The van der Waals surface area contributed by atoms with Gasteiger partial charge in [-0.15, -0.1) is 0 Å². The summed E-state index contributed by atoms with van der Waals surface area (Å²) in [6.45, 7) is 1.37. The van der Waals surface area contributed by atoms with E-state index in [1.54, 1.807) is 18.6 Å². The van der Waals surface area contributed by atoms with E-state index >= 15 is 0 Å². The third-order valence-corrected chi connectivity index (χ3v) is 3.10. The molecule has 1 aliphatic heterocycles. The minimum Gasteiger partial charge on any atom is -0.335 e. The molecule has 1 atom stereocenters. The Hall–Kier alpha value is -1.49. The zero-order chi connectivity index (χ0) is 12.1. The van der Waals surface area contributed by atoms with Crippen LogP contribution in [0.15, 0.2) is 18.6 Å². The van der Waals surface area contributed by atoms with E-state index < -0.39 is 0 Å². The topological polar surface area (TPSA) is 58.1 Å². The summed E-state index contributed by atoms with van der Waals surface area (Å²) >= 11 is 0. The van der Waals surface area contributed by atoms with E-state index in [0.29, 0.717) is 6.54 Å². The first-order valence-electron chi connectivity index (χ1n) is 6.02. The normalized spacial score (nSPS) is 21.4. The second-order valence-corrected chi connectivity index (χ2v) is 4.29. The fraction of sp³-hybridized carbons (Fsp3) is 0.583. The smallest absolute Gasteiger partial charge is 0.240 e. The Morgan fingerprint density at radius 1 is 1.47 bits per heavy atom. The number of carbonyl (C=O) groups excluding carboxylic acids is 1. The Bertz CT molecular complexity index is 368. The lowest BCUT2D eigenvalue weighted by Crippen LogP contribution is -2.43. The average Bonchev–Trinajstić information content (AvgIpc) is 2.54. The number of likely N-dealkylation sites (tertiary alicyclic amines) is 1. The molecular formula is C12H18N4O. The Labute approximate surface area is 101 Å². The van der Waals surface area contributed by atoms with Gasteiger partial charge in [-0.2, -0.15) is 0 Å². The fourth-order valence-electron chi connectivity index (χ4n) is 2.14. The third kappa shape index (κ3) is 3.00. The molecule has 5 heteroatoms. The Kier molecular flexibility index (Phi) is 4.03. The summed E-state index contributed by atoms with van der Waals surface area (Å²) in [6.07, 6.45) is 8.09. The van der Waals surface area contributed by atoms with E-state index in [1.165, 1.54) is 0 Å². The molecule has 1 fully saturated rings. The van der Waals surface area contributed by atoms with E-state index in [4.69, 9.17) is 0 Å². The summed E-state index contributed by atoms with van der Waals surface area (Å²) < 4.78 is 0. The molecule has 2 heterocycles. The molecule has 1 aromatic rings. The highest BCUT2D eigenvalue weighted by Gasteiger charge is 2.25. The van der Waals surface area contributed by atoms with Gasteiger partial charge in [0.1, 0.15) is 0 Å². The van der Waals surface area contributed by atoms with Crippen LogP contribution in [0.3, 0.4) is 0 Å². The molecule has 1 amide bonds. The standard InChI is InChI=1S/C12H18N4O/c1-13-11-4-2-3-7-16(12(11)17)9-10-8-14-5-6-15-10/h5-6,8,11,13H,2-4,7,9H2,1H3. The van der Waals surface area contributed by atoms with Gasteiger partial charge < -0.3 is 10.2 Å². The van der Waals surface area contributed by atoms with Crippen molar-refractivity contribution in [2.75, 3.05) is 13.6 Å². The number of amides is 1. The molecule has 1 N–H and O–H groups in total. The van der Waals surface area contributed by atoms with Crippen molar-refractivity contribution in [3.63, 3.8) is 0 Å². The molecule has 5 nitrogen and oxygen atoms in total. The summed E-state index contributed by atoms with van der Waals surface area (Å²) in [7, 11) is 1.84. The summed E-state index contributed by atoms with van der Waals surface area (Å²) in [5, 5.41) is 3.08. The lowest BCUT2D eigenvalue weighted by Gasteiger charge is -2.23. The van der Waals surface area contributed by atoms with Gasteiger partial charge in [-0.05, 0) is 26.3 Å². The molecule has 0 aliphatic carbocycles. The van der Waals surface area contributed by atoms with Crippen LogP contribution in [-0.2, 0) is 11.3 Å². The molecule has 0 saturated carbocycles. The second-order valence-electron chi connectivity index (χ2n) is 4.29. The van der Waals surface area contributed by atoms with Gasteiger partial charge in [-0.3, -0.25) is 14.8 Å².